The van der Waals surface area contributed by atoms with Crippen molar-refractivity contribution < 1.29 is 13.6 Å². The number of benzene rings is 1. The number of hydrogen-bond acceptors (Lipinski definition) is 3. The summed E-state index contributed by atoms with van der Waals surface area (Å²) in [6.45, 7) is 8.12. The maximum atomic E-state index is 6.24. The van der Waals surface area contributed by atoms with E-state index in [1.165, 1.54) is 76.2 Å². The minimum Gasteiger partial charge on any atom is -0.426 e. The largest absolute Gasteiger partial charge is 0.426 e. The molecule has 1 aromatic carbocycles. The van der Waals surface area contributed by atoms with Gasteiger partial charge in [-0.15, -0.1) is 0 Å². The monoisotopic (exact) mass is 424 g/mol. The molecule has 0 N–H and O–H groups in total. The Bertz CT molecular complexity index is 469. The van der Waals surface area contributed by atoms with Crippen molar-refractivity contribution in [1.29, 1.82) is 0 Å². The van der Waals surface area contributed by atoms with Crippen LogP contribution in [0.15, 0.2) is 24.3 Å². The predicted molar refractivity (Wildman–Crippen MR) is 127 cm³/mol. The van der Waals surface area contributed by atoms with Crippen LogP contribution in [-0.4, -0.2) is 13.2 Å². The third kappa shape index (κ3) is 14.1. The summed E-state index contributed by atoms with van der Waals surface area (Å²) in [6, 6.07) is 8.41. The quantitative estimate of drug-likeness (QED) is 0.154. The third-order valence-electron chi connectivity index (χ3n) is 5.08. The molecule has 3 nitrogen and oxygen atoms in total. The first kappa shape index (κ1) is 26.4. The summed E-state index contributed by atoms with van der Waals surface area (Å²) in [5.74, 6) is 0.940. The fourth-order valence-corrected chi connectivity index (χ4v) is 4.30. The van der Waals surface area contributed by atoms with Gasteiger partial charge in [-0.25, -0.2) is 0 Å². The standard InChI is InChI=1S/C25H45O3P/c1-4-7-10-11-12-13-14-19-24-20-15-16-21-25(24)28-29(26-22-17-8-5-2)27-23-18-9-6-3/h15-16,20-21H,4-14,17-19,22-23H2,1-3H3. The van der Waals surface area contributed by atoms with Gasteiger partial charge >= 0.3 is 8.60 Å². The average Bonchev–Trinajstić information content (AvgIpc) is 2.74. The smallest absolute Gasteiger partial charge is 0.397 e. The molecule has 0 atom stereocenters. The van der Waals surface area contributed by atoms with Gasteiger partial charge in [0.15, 0.2) is 0 Å². The highest BCUT2D eigenvalue weighted by Gasteiger charge is 2.16. The van der Waals surface area contributed by atoms with E-state index in [-0.39, 0.29) is 0 Å². The van der Waals surface area contributed by atoms with Crippen molar-refractivity contribution in [1.82, 2.24) is 0 Å². The second-order valence-corrected chi connectivity index (χ2v) is 9.02. The van der Waals surface area contributed by atoms with E-state index in [1.807, 2.05) is 6.07 Å². The molecule has 0 amide bonds. The van der Waals surface area contributed by atoms with E-state index in [1.54, 1.807) is 0 Å². The summed E-state index contributed by atoms with van der Waals surface area (Å²) >= 11 is 0. The highest BCUT2D eigenvalue weighted by Crippen LogP contribution is 2.42. The molecule has 1 aromatic rings. The van der Waals surface area contributed by atoms with E-state index in [0.717, 1.165) is 25.0 Å². The van der Waals surface area contributed by atoms with Crippen LogP contribution in [0.1, 0.15) is 110 Å². The molecular weight excluding hydrogens is 379 g/mol. The highest BCUT2D eigenvalue weighted by molar-refractivity contribution is 7.42. The van der Waals surface area contributed by atoms with E-state index in [2.05, 4.69) is 39.0 Å². The molecule has 0 saturated carbocycles. The molecule has 0 saturated heterocycles. The number of rotatable bonds is 20. The summed E-state index contributed by atoms with van der Waals surface area (Å²) in [5, 5.41) is 0. The van der Waals surface area contributed by atoms with Gasteiger partial charge in [0.25, 0.3) is 0 Å². The lowest BCUT2D eigenvalue weighted by atomic mass is 10.0. The summed E-state index contributed by atoms with van der Waals surface area (Å²) in [6.07, 6.45) is 17.3. The van der Waals surface area contributed by atoms with Crippen LogP contribution in [0.2, 0.25) is 0 Å². The lowest BCUT2D eigenvalue weighted by Crippen LogP contribution is -2.02. The number of hydrogen-bond donors (Lipinski definition) is 0. The predicted octanol–water partition coefficient (Wildman–Crippen LogP) is 9.00. The van der Waals surface area contributed by atoms with Crippen molar-refractivity contribution >= 4 is 8.60 Å². The van der Waals surface area contributed by atoms with Crippen LogP contribution in [0.25, 0.3) is 0 Å². The topological polar surface area (TPSA) is 27.7 Å². The van der Waals surface area contributed by atoms with Gasteiger partial charge in [0.2, 0.25) is 0 Å². The molecule has 0 fully saturated rings. The van der Waals surface area contributed by atoms with Crippen molar-refractivity contribution in [2.45, 2.75) is 111 Å². The minimum absolute atomic E-state index is 0.716. The number of para-hydroxylation sites is 1. The molecule has 168 valence electrons. The van der Waals surface area contributed by atoms with E-state index in [4.69, 9.17) is 13.6 Å². The fourth-order valence-electron chi connectivity index (χ4n) is 3.22. The second kappa shape index (κ2) is 19.3. The van der Waals surface area contributed by atoms with Crippen molar-refractivity contribution in [2.75, 3.05) is 13.2 Å². The molecule has 4 heteroatoms. The number of aryl methyl sites for hydroxylation is 1. The van der Waals surface area contributed by atoms with Crippen molar-refractivity contribution in [3.63, 3.8) is 0 Å². The molecule has 1 rings (SSSR count). The molecular formula is C25H45O3P. The Morgan fingerprint density at radius 3 is 1.76 bits per heavy atom. The Kier molecular flexibility index (Phi) is 17.6. The van der Waals surface area contributed by atoms with Crippen LogP contribution in [0, 0.1) is 0 Å². The summed E-state index contributed by atoms with van der Waals surface area (Å²) in [7, 11) is -1.32. The van der Waals surface area contributed by atoms with Gasteiger partial charge in [0.1, 0.15) is 5.75 Å². The van der Waals surface area contributed by atoms with Crippen molar-refractivity contribution in [3.8, 4) is 5.75 Å². The molecule has 0 spiro atoms. The molecule has 0 aliphatic rings. The Balaban J connectivity index is 2.48. The van der Waals surface area contributed by atoms with Crippen LogP contribution in [0.3, 0.4) is 0 Å². The number of unbranched alkanes of at least 4 members (excludes halogenated alkanes) is 10. The zero-order valence-electron chi connectivity index (χ0n) is 19.3. The lowest BCUT2D eigenvalue weighted by molar-refractivity contribution is 0.199. The van der Waals surface area contributed by atoms with Gasteiger partial charge in [-0.05, 0) is 37.3 Å². The Labute approximate surface area is 181 Å². The summed E-state index contributed by atoms with van der Waals surface area (Å²) in [5.41, 5.74) is 1.28. The highest BCUT2D eigenvalue weighted by atomic mass is 31.2. The average molecular weight is 425 g/mol. The van der Waals surface area contributed by atoms with E-state index in [0.29, 0.717) is 13.2 Å². The first-order chi connectivity index (χ1) is 14.3. The first-order valence-electron chi connectivity index (χ1n) is 12.1. The van der Waals surface area contributed by atoms with E-state index in [9.17, 15) is 0 Å². The molecule has 0 radical (unpaired) electrons. The normalized spacial score (nSPS) is 11.3. The van der Waals surface area contributed by atoms with Gasteiger partial charge < -0.3 is 13.6 Å². The van der Waals surface area contributed by atoms with Crippen LogP contribution < -0.4 is 4.52 Å². The zero-order chi connectivity index (χ0) is 21.0. The molecule has 0 aromatic heterocycles. The maximum absolute atomic E-state index is 6.24. The van der Waals surface area contributed by atoms with Crippen LogP contribution in [0.5, 0.6) is 5.75 Å². The molecule has 0 aliphatic heterocycles. The van der Waals surface area contributed by atoms with Crippen LogP contribution in [0.4, 0.5) is 0 Å². The zero-order valence-corrected chi connectivity index (χ0v) is 20.2. The molecule has 29 heavy (non-hydrogen) atoms. The Hall–Kier alpha value is -0.630. The van der Waals surface area contributed by atoms with Gasteiger partial charge in [-0.2, -0.15) is 0 Å². The van der Waals surface area contributed by atoms with Gasteiger partial charge in [-0.1, -0.05) is 103 Å². The first-order valence-corrected chi connectivity index (χ1v) is 13.2. The summed E-state index contributed by atoms with van der Waals surface area (Å²) < 4.78 is 18.2. The molecule has 0 aliphatic carbocycles. The summed E-state index contributed by atoms with van der Waals surface area (Å²) in [4.78, 5) is 0. The Morgan fingerprint density at radius 2 is 1.14 bits per heavy atom. The maximum Gasteiger partial charge on any atom is 0.397 e. The second-order valence-electron chi connectivity index (χ2n) is 7.87. The molecule has 0 unspecified atom stereocenters. The molecule has 0 bridgehead atoms. The SMILES string of the molecule is CCCCCCCCCc1ccccc1OP(OCCCCC)OCCCCC. The van der Waals surface area contributed by atoms with Crippen LogP contribution >= 0.6 is 8.60 Å². The van der Waals surface area contributed by atoms with Gasteiger partial charge in [0.05, 0.1) is 13.2 Å². The van der Waals surface area contributed by atoms with Gasteiger partial charge in [0, 0.05) is 0 Å². The van der Waals surface area contributed by atoms with Crippen LogP contribution in [-0.2, 0) is 15.5 Å². The van der Waals surface area contributed by atoms with E-state index < -0.39 is 8.60 Å². The lowest BCUT2D eigenvalue weighted by Gasteiger charge is -2.19. The van der Waals surface area contributed by atoms with Crippen molar-refractivity contribution in [2.24, 2.45) is 0 Å². The fraction of sp³-hybridized carbons (Fsp3) is 0.760. The minimum atomic E-state index is -1.32. The van der Waals surface area contributed by atoms with E-state index >= 15 is 0 Å². The Morgan fingerprint density at radius 1 is 0.621 bits per heavy atom. The molecule has 0 heterocycles. The van der Waals surface area contributed by atoms with Crippen molar-refractivity contribution in [3.05, 3.63) is 29.8 Å². The third-order valence-corrected chi connectivity index (χ3v) is 6.22. The van der Waals surface area contributed by atoms with Gasteiger partial charge in [-0.3, -0.25) is 0 Å².